The lowest BCUT2D eigenvalue weighted by Crippen LogP contribution is -2.21. The highest BCUT2D eigenvalue weighted by Crippen LogP contribution is 2.17. The second-order valence-electron chi connectivity index (χ2n) is 4.45. The molecule has 2 N–H and O–H groups in total. The van der Waals surface area contributed by atoms with E-state index in [-0.39, 0.29) is 0 Å². The number of nitrogens with one attached hydrogen (secondary N) is 2. The van der Waals surface area contributed by atoms with Crippen molar-refractivity contribution in [2.24, 2.45) is 4.99 Å². The fraction of sp³-hybridized carbons (Fsp3) is 0.417. The van der Waals surface area contributed by atoms with Gasteiger partial charge in [-0.2, -0.15) is 0 Å². The predicted octanol–water partition coefficient (Wildman–Crippen LogP) is 0.911. The number of anilines is 1. The van der Waals surface area contributed by atoms with E-state index < -0.39 is 10.0 Å². The van der Waals surface area contributed by atoms with Gasteiger partial charge in [0.05, 0.1) is 12.8 Å². The zero-order valence-electron chi connectivity index (χ0n) is 10.5. The Hall–Kier alpha value is -1.56. The molecule has 0 saturated heterocycles. The number of sulfonamides is 1. The molecule has 0 unspecified atom stereocenters. The summed E-state index contributed by atoms with van der Waals surface area (Å²) < 4.78 is 24.7. The van der Waals surface area contributed by atoms with Crippen LogP contribution < -0.4 is 10.0 Å². The minimum atomic E-state index is -3.22. The summed E-state index contributed by atoms with van der Waals surface area (Å²) in [5, 5.41) is 3.22. The molecular weight excluding hydrogens is 250 g/mol. The quantitative estimate of drug-likeness (QED) is 0.852. The van der Waals surface area contributed by atoms with Crippen molar-refractivity contribution < 1.29 is 8.42 Å². The highest BCUT2D eigenvalue weighted by atomic mass is 32.2. The second-order valence-corrected chi connectivity index (χ2v) is 6.20. The minimum Gasteiger partial charge on any atom is -0.372 e. The van der Waals surface area contributed by atoms with E-state index in [1.165, 1.54) is 0 Å². The minimum absolute atomic E-state index is 0.597. The molecule has 98 valence electrons. The third-order valence-electron chi connectivity index (χ3n) is 2.75. The molecule has 0 spiro atoms. The van der Waals surface area contributed by atoms with Crippen molar-refractivity contribution in [1.82, 2.24) is 5.32 Å². The van der Waals surface area contributed by atoms with Crippen molar-refractivity contribution >= 4 is 21.5 Å². The van der Waals surface area contributed by atoms with Gasteiger partial charge in [0.1, 0.15) is 5.84 Å². The van der Waals surface area contributed by atoms with Crippen LogP contribution in [-0.4, -0.2) is 33.6 Å². The van der Waals surface area contributed by atoms with Crippen molar-refractivity contribution in [3.05, 3.63) is 29.3 Å². The fourth-order valence-electron chi connectivity index (χ4n) is 1.92. The van der Waals surface area contributed by atoms with Gasteiger partial charge in [-0.3, -0.25) is 9.71 Å². The Kier molecular flexibility index (Phi) is 3.56. The first-order valence-electron chi connectivity index (χ1n) is 5.78. The molecule has 0 bridgehead atoms. The van der Waals surface area contributed by atoms with Gasteiger partial charge < -0.3 is 5.32 Å². The Morgan fingerprint density at radius 3 is 2.78 bits per heavy atom. The van der Waals surface area contributed by atoms with Gasteiger partial charge in [-0.1, -0.05) is 6.07 Å². The Balaban J connectivity index is 2.14. The van der Waals surface area contributed by atoms with Crippen LogP contribution >= 0.6 is 0 Å². The van der Waals surface area contributed by atoms with Crippen LogP contribution in [0.2, 0.25) is 0 Å². The summed E-state index contributed by atoms with van der Waals surface area (Å²) in [4.78, 5) is 4.35. The zero-order valence-corrected chi connectivity index (χ0v) is 11.3. The van der Waals surface area contributed by atoms with Gasteiger partial charge in [0.15, 0.2) is 0 Å². The van der Waals surface area contributed by atoms with Crippen molar-refractivity contribution in [3.63, 3.8) is 0 Å². The van der Waals surface area contributed by atoms with Gasteiger partial charge in [0.2, 0.25) is 10.0 Å². The molecule has 0 radical (unpaired) electrons. The van der Waals surface area contributed by atoms with E-state index in [1.54, 1.807) is 6.07 Å². The highest BCUT2D eigenvalue weighted by Gasteiger charge is 2.09. The topological polar surface area (TPSA) is 70.6 Å². The maximum Gasteiger partial charge on any atom is 0.229 e. The molecule has 5 nitrogen and oxygen atoms in total. The molecule has 6 heteroatoms. The number of amidine groups is 1. The number of benzene rings is 1. The summed E-state index contributed by atoms with van der Waals surface area (Å²) in [6.07, 6.45) is 1.92. The van der Waals surface area contributed by atoms with Gasteiger partial charge in [0, 0.05) is 18.7 Å². The Morgan fingerprint density at radius 1 is 1.44 bits per heavy atom. The highest BCUT2D eigenvalue weighted by molar-refractivity contribution is 7.92. The molecule has 0 saturated carbocycles. The molecule has 1 aromatic carbocycles. The summed E-state index contributed by atoms with van der Waals surface area (Å²) in [5.74, 6) is 1.00. The number of hydrogen-bond acceptors (Lipinski definition) is 4. The van der Waals surface area contributed by atoms with Gasteiger partial charge >= 0.3 is 0 Å². The summed E-state index contributed by atoms with van der Waals surface area (Å²) in [7, 11) is -3.22. The zero-order chi connectivity index (χ0) is 13.2. The van der Waals surface area contributed by atoms with E-state index in [9.17, 15) is 8.42 Å². The van der Waals surface area contributed by atoms with Gasteiger partial charge in [0.25, 0.3) is 0 Å². The van der Waals surface area contributed by atoms with E-state index in [0.717, 1.165) is 42.7 Å². The van der Waals surface area contributed by atoms with Crippen LogP contribution in [0.4, 0.5) is 5.69 Å². The lowest BCUT2D eigenvalue weighted by atomic mass is 10.0. The Bertz CT molecular complexity index is 579. The van der Waals surface area contributed by atoms with Crippen molar-refractivity contribution in [2.45, 2.75) is 13.3 Å². The molecule has 1 heterocycles. The first-order chi connectivity index (χ1) is 8.44. The average molecular weight is 267 g/mol. The number of rotatable bonds is 4. The largest absolute Gasteiger partial charge is 0.372 e. The lowest BCUT2D eigenvalue weighted by Gasteiger charge is -2.10. The van der Waals surface area contributed by atoms with E-state index in [0.29, 0.717) is 5.69 Å². The number of hydrogen-bond donors (Lipinski definition) is 2. The molecule has 1 aliphatic rings. The maximum atomic E-state index is 11.1. The summed E-state index contributed by atoms with van der Waals surface area (Å²) >= 11 is 0. The van der Waals surface area contributed by atoms with Crippen molar-refractivity contribution in [3.8, 4) is 0 Å². The number of aliphatic imine (C=N–C) groups is 1. The molecule has 0 amide bonds. The van der Waals surface area contributed by atoms with Crippen LogP contribution in [0, 0.1) is 6.92 Å². The normalized spacial score (nSPS) is 15.1. The third kappa shape index (κ3) is 3.46. The fourth-order valence-corrected chi connectivity index (χ4v) is 2.47. The Morgan fingerprint density at radius 2 is 2.22 bits per heavy atom. The van der Waals surface area contributed by atoms with Crippen molar-refractivity contribution in [1.29, 1.82) is 0 Å². The predicted molar refractivity (Wildman–Crippen MR) is 73.7 cm³/mol. The lowest BCUT2D eigenvalue weighted by molar-refractivity contribution is 0.607. The molecule has 1 aliphatic heterocycles. The standard InChI is InChI=1S/C12H17N3O2S/c1-9-7-11(15-18(2,16)17)4-3-10(9)8-12-13-5-6-14-12/h3-4,7,15H,5-6,8H2,1-2H3,(H,13,14). The summed E-state index contributed by atoms with van der Waals surface area (Å²) in [5.41, 5.74) is 2.81. The Labute approximate surface area is 107 Å². The molecule has 18 heavy (non-hydrogen) atoms. The molecule has 1 aromatic rings. The van der Waals surface area contributed by atoms with E-state index in [1.807, 2.05) is 19.1 Å². The van der Waals surface area contributed by atoms with Crippen LogP contribution in [-0.2, 0) is 16.4 Å². The van der Waals surface area contributed by atoms with E-state index in [2.05, 4.69) is 15.0 Å². The number of aryl methyl sites for hydroxylation is 1. The average Bonchev–Trinajstić information content (AvgIpc) is 2.72. The molecule has 0 atom stereocenters. The van der Waals surface area contributed by atoms with Crippen LogP contribution in [0.15, 0.2) is 23.2 Å². The van der Waals surface area contributed by atoms with Crippen LogP contribution in [0.5, 0.6) is 0 Å². The monoisotopic (exact) mass is 267 g/mol. The summed E-state index contributed by atoms with van der Waals surface area (Å²) in [6.45, 7) is 3.71. The molecule has 0 fully saturated rings. The first kappa shape index (κ1) is 12.9. The summed E-state index contributed by atoms with van der Waals surface area (Å²) in [6, 6.07) is 5.55. The second kappa shape index (κ2) is 4.97. The van der Waals surface area contributed by atoms with E-state index in [4.69, 9.17) is 0 Å². The molecule has 0 aromatic heterocycles. The van der Waals surface area contributed by atoms with Gasteiger partial charge in [-0.05, 0) is 30.2 Å². The number of nitrogens with zero attached hydrogens (tertiary/aromatic N) is 1. The van der Waals surface area contributed by atoms with Crippen LogP contribution in [0.3, 0.4) is 0 Å². The SMILES string of the molecule is Cc1cc(NS(C)(=O)=O)ccc1CC1=NCCN1. The van der Waals surface area contributed by atoms with Crippen molar-refractivity contribution in [2.75, 3.05) is 24.1 Å². The molecular formula is C12H17N3O2S. The van der Waals surface area contributed by atoms with Crippen LogP contribution in [0.25, 0.3) is 0 Å². The third-order valence-corrected chi connectivity index (χ3v) is 3.35. The van der Waals surface area contributed by atoms with Gasteiger partial charge in [-0.25, -0.2) is 8.42 Å². The molecule has 0 aliphatic carbocycles. The van der Waals surface area contributed by atoms with E-state index >= 15 is 0 Å². The smallest absolute Gasteiger partial charge is 0.229 e. The first-order valence-corrected chi connectivity index (χ1v) is 7.68. The van der Waals surface area contributed by atoms with Crippen LogP contribution in [0.1, 0.15) is 11.1 Å². The maximum absolute atomic E-state index is 11.1. The van der Waals surface area contributed by atoms with Gasteiger partial charge in [-0.15, -0.1) is 0 Å². The molecule has 2 rings (SSSR count).